The summed E-state index contributed by atoms with van der Waals surface area (Å²) in [7, 11) is 1.63. The van der Waals surface area contributed by atoms with Gasteiger partial charge in [-0.1, -0.05) is 24.3 Å². The van der Waals surface area contributed by atoms with Crippen LogP contribution in [0.3, 0.4) is 0 Å². The van der Waals surface area contributed by atoms with E-state index in [1.54, 1.807) is 37.4 Å². The first-order chi connectivity index (χ1) is 21.4. The number of piperidine rings is 1. The zero-order chi connectivity index (χ0) is 30.7. The number of aromatic hydroxyl groups is 1. The second kappa shape index (κ2) is 12.3. The average molecular weight is 594 g/mol. The Balaban J connectivity index is 1.26. The molecule has 0 saturated carbocycles. The van der Waals surface area contributed by atoms with Crippen LogP contribution in [0.4, 0.5) is 0 Å². The molecule has 0 bridgehead atoms. The fourth-order valence-corrected chi connectivity index (χ4v) is 5.81. The number of benzene rings is 4. The number of carbonyl (C=O) groups is 2. The number of ether oxygens (including phenoxy) is 3. The van der Waals surface area contributed by atoms with Crippen molar-refractivity contribution in [3.63, 3.8) is 0 Å². The summed E-state index contributed by atoms with van der Waals surface area (Å²) in [5, 5.41) is 19.8. The quantitative estimate of drug-likeness (QED) is 0.218. The lowest BCUT2D eigenvalue weighted by Gasteiger charge is -2.39. The van der Waals surface area contributed by atoms with Crippen LogP contribution in [0.15, 0.2) is 84.9 Å². The van der Waals surface area contributed by atoms with Crippen molar-refractivity contribution in [1.82, 2.24) is 16.0 Å². The van der Waals surface area contributed by atoms with Gasteiger partial charge >= 0.3 is 0 Å². The highest BCUT2D eigenvalue weighted by Crippen LogP contribution is 2.45. The van der Waals surface area contributed by atoms with E-state index in [4.69, 9.17) is 14.2 Å². The molecular weight excluding hydrogens is 558 g/mol. The minimum Gasteiger partial charge on any atom is -0.508 e. The van der Waals surface area contributed by atoms with Crippen molar-refractivity contribution in [2.45, 2.75) is 31.3 Å². The lowest BCUT2D eigenvalue weighted by atomic mass is 9.85. The van der Waals surface area contributed by atoms with Crippen LogP contribution in [-0.4, -0.2) is 49.3 Å². The zero-order valence-corrected chi connectivity index (χ0v) is 24.7. The van der Waals surface area contributed by atoms with Crippen molar-refractivity contribution in [2.75, 3.05) is 26.8 Å². The van der Waals surface area contributed by atoms with Crippen molar-refractivity contribution in [1.29, 1.82) is 0 Å². The first-order valence-corrected chi connectivity index (χ1v) is 14.8. The second-order valence-corrected chi connectivity index (χ2v) is 11.0. The van der Waals surface area contributed by atoms with E-state index in [9.17, 15) is 14.7 Å². The number of nitrogens with one attached hydrogen (secondary N) is 3. The van der Waals surface area contributed by atoms with Crippen LogP contribution in [0.2, 0.25) is 0 Å². The van der Waals surface area contributed by atoms with Gasteiger partial charge in [0.2, 0.25) is 5.91 Å². The van der Waals surface area contributed by atoms with E-state index in [0.717, 1.165) is 22.4 Å². The van der Waals surface area contributed by atoms with Gasteiger partial charge in [-0.05, 0) is 92.5 Å². The summed E-state index contributed by atoms with van der Waals surface area (Å²) in [6.45, 7) is 3.56. The molecule has 9 heteroatoms. The number of hydrogen-bond acceptors (Lipinski definition) is 7. The van der Waals surface area contributed by atoms with Crippen LogP contribution < -0.4 is 30.2 Å². The molecule has 1 fully saturated rings. The summed E-state index contributed by atoms with van der Waals surface area (Å²) in [5.41, 5.74) is 2.77. The number of amides is 2. The van der Waals surface area contributed by atoms with E-state index >= 15 is 0 Å². The molecule has 0 aromatic heterocycles. The molecule has 6 rings (SSSR count). The van der Waals surface area contributed by atoms with E-state index in [1.807, 2.05) is 55.5 Å². The van der Waals surface area contributed by atoms with E-state index in [2.05, 4.69) is 16.0 Å². The third kappa shape index (κ3) is 5.78. The molecule has 0 radical (unpaired) electrons. The zero-order valence-electron chi connectivity index (χ0n) is 24.7. The maximum Gasteiger partial charge on any atom is 0.252 e. The van der Waals surface area contributed by atoms with Gasteiger partial charge in [-0.2, -0.15) is 0 Å². The summed E-state index contributed by atoms with van der Waals surface area (Å²) in [5.74, 6) is 1.83. The maximum atomic E-state index is 14.2. The van der Waals surface area contributed by atoms with Crippen LogP contribution >= 0.6 is 0 Å². The Morgan fingerprint density at radius 2 is 1.50 bits per heavy atom. The van der Waals surface area contributed by atoms with Gasteiger partial charge in [0.25, 0.3) is 5.91 Å². The van der Waals surface area contributed by atoms with E-state index in [-0.39, 0.29) is 17.6 Å². The van der Waals surface area contributed by atoms with Crippen molar-refractivity contribution in [3.8, 4) is 39.9 Å². The highest BCUT2D eigenvalue weighted by Gasteiger charge is 2.43. The lowest BCUT2D eigenvalue weighted by Crippen LogP contribution is -2.63. The Morgan fingerprint density at radius 3 is 2.16 bits per heavy atom. The van der Waals surface area contributed by atoms with Crippen LogP contribution in [-0.2, 0) is 4.79 Å². The number of fused-ring (bicyclic) bond motifs is 2. The number of phenols is 1. The summed E-state index contributed by atoms with van der Waals surface area (Å²) in [6.07, 6.45) is 0.854. The maximum absolute atomic E-state index is 14.2. The SMILES string of the molecule is CCOc1ccc2c(c1)Oc1cc(O)ccc1C2NC(=O)C1(NC(=O)c2ccc(-c3ccc(OC)cc3)cc2)CCNCC1. The van der Waals surface area contributed by atoms with Gasteiger partial charge in [-0.25, -0.2) is 0 Å². The Bertz CT molecular complexity index is 1660. The smallest absolute Gasteiger partial charge is 0.252 e. The molecule has 1 saturated heterocycles. The fraction of sp³-hybridized carbons (Fsp3) is 0.257. The number of hydrogen-bond donors (Lipinski definition) is 4. The highest BCUT2D eigenvalue weighted by atomic mass is 16.5. The molecule has 44 heavy (non-hydrogen) atoms. The molecule has 0 spiro atoms. The van der Waals surface area contributed by atoms with Crippen LogP contribution in [0, 0.1) is 0 Å². The Kier molecular flexibility index (Phi) is 8.13. The summed E-state index contributed by atoms with van der Waals surface area (Å²) >= 11 is 0. The summed E-state index contributed by atoms with van der Waals surface area (Å²) < 4.78 is 17.0. The Hall–Kier alpha value is -5.02. The van der Waals surface area contributed by atoms with E-state index in [1.165, 1.54) is 6.07 Å². The first-order valence-electron chi connectivity index (χ1n) is 14.8. The molecule has 2 heterocycles. The molecule has 4 aromatic carbocycles. The van der Waals surface area contributed by atoms with Crippen molar-refractivity contribution in [2.24, 2.45) is 0 Å². The van der Waals surface area contributed by atoms with Crippen LogP contribution in [0.5, 0.6) is 28.7 Å². The number of carbonyl (C=O) groups excluding carboxylic acids is 2. The standard InChI is InChI=1S/C35H35N3O6/c1-3-43-27-13-15-29-31(21-27)44-30-20-25(39)10-14-28(30)32(29)37-34(41)35(16-18-36-19-17-35)38-33(40)24-6-4-22(5-7-24)23-8-11-26(42-2)12-9-23/h4-15,20-21,32,36,39H,3,16-19H2,1-2H3,(H,37,41)(H,38,40). The second-order valence-electron chi connectivity index (χ2n) is 11.0. The normalized spacial score (nSPS) is 16.5. The van der Waals surface area contributed by atoms with Gasteiger partial charge in [0.05, 0.1) is 19.8 Å². The number of methoxy groups -OCH3 is 1. The molecule has 2 aliphatic heterocycles. The van der Waals surface area contributed by atoms with Crippen LogP contribution in [0.25, 0.3) is 11.1 Å². The van der Waals surface area contributed by atoms with E-state index in [0.29, 0.717) is 60.9 Å². The summed E-state index contributed by atoms with van der Waals surface area (Å²) in [6, 6.07) is 24.8. The third-order valence-electron chi connectivity index (χ3n) is 8.23. The minimum atomic E-state index is -1.13. The largest absolute Gasteiger partial charge is 0.508 e. The third-order valence-corrected chi connectivity index (χ3v) is 8.23. The number of phenolic OH excluding ortho intramolecular Hbond substituents is 1. The molecule has 226 valence electrons. The van der Waals surface area contributed by atoms with Crippen LogP contribution in [0.1, 0.15) is 47.3 Å². The van der Waals surface area contributed by atoms with Gasteiger partial charge in [-0.15, -0.1) is 0 Å². The predicted octanol–water partition coefficient (Wildman–Crippen LogP) is 5.33. The molecule has 9 nitrogen and oxygen atoms in total. The van der Waals surface area contributed by atoms with Crippen molar-refractivity contribution in [3.05, 3.63) is 102 Å². The fourth-order valence-electron chi connectivity index (χ4n) is 5.81. The van der Waals surface area contributed by atoms with Crippen molar-refractivity contribution < 1.29 is 28.9 Å². The molecule has 0 aliphatic carbocycles. The molecule has 2 aliphatic rings. The first kappa shape index (κ1) is 29.1. The molecule has 4 aromatic rings. The lowest BCUT2D eigenvalue weighted by molar-refractivity contribution is -0.129. The average Bonchev–Trinajstić information content (AvgIpc) is 3.05. The molecule has 4 N–H and O–H groups in total. The Labute approximate surface area is 256 Å². The molecule has 1 atom stereocenters. The van der Waals surface area contributed by atoms with E-state index < -0.39 is 11.6 Å². The Morgan fingerprint density at radius 1 is 0.886 bits per heavy atom. The molecule has 2 amide bonds. The van der Waals surface area contributed by atoms with Gasteiger partial charge in [-0.3, -0.25) is 9.59 Å². The van der Waals surface area contributed by atoms with Gasteiger partial charge in [0.15, 0.2) is 0 Å². The molecule has 1 unspecified atom stereocenters. The summed E-state index contributed by atoms with van der Waals surface area (Å²) in [4.78, 5) is 27.8. The van der Waals surface area contributed by atoms with Crippen molar-refractivity contribution >= 4 is 11.8 Å². The molecular formula is C35H35N3O6. The van der Waals surface area contributed by atoms with Gasteiger partial charge in [0.1, 0.15) is 34.3 Å². The van der Waals surface area contributed by atoms with Gasteiger partial charge in [0, 0.05) is 28.8 Å². The van der Waals surface area contributed by atoms with Gasteiger partial charge < -0.3 is 35.3 Å². The minimum absolute atomic E-state index is 0.0540. The predicted molar refractivity (Wildman–Crippen MR) is 167 cm³/mol. The highest BCUT2D eigenvalue weighted by molar-refractivity contribution is 6.00. The number of rotatable bonds is 8. The topological polar surface area (TPSA) is 118 Å². The monoisotopic (exact) mass is 593 g/mol.